The molecular weight excluding hydrogens is 222 g/mol. The lowest BCUT2D eigenvalue weighted by molar-refractivity contribution is -0.119. The summed E-state index contributed by atoms with van der Waals surface area (Å²) in [7, 11) is 0. The summed E-state index contributed by atoms with van der Waals surface area (Å²) in [6.07, 6.45) is 7.61. The zero-order valence-corrected chi connectivity index (χ0v) is 10.9. The van der Waals surface area contributed by atoms with Crippen molar-refractivity contribution in [2.45, 2.75) is 26.7 Å². The smallest absolute Gasteiger partial charge is 0.228 e. The van der Waals surface area contributed by atoms with Crippen LogP contribution in [0.4, 0.5) is 0 Å². The molecule has 18 heavy (non-hydrogen) atoms. The van der Waals surface area contributed by atoms with E-state index in [1.54, 1.807) is 0 Å². The predicted octanol–water partition coefficient (Wildman–Crippen LogP) is 3.22. The summed E-state index contributed by atoms with van der Waals surface area (Å²) in [5.74, 6) is 0.0387. The molecule has 0 unspecified atom stereocenters. The van der Waals surface area contributed by atoms with Crippen molar-refractivity contribution in [2.75, 3.05) is 0 Å². The van der Waals surface area contributed by atoms with E-state index in [1.807, 2.05) is 36.4 Å². The summed E-state index contributed by atoms with van der Waals surface area (Å²) in [4.78, 5) is 11.9. The normalized spacial score (nSPS) is 17.1. The van der Waals surface area contributed by atoms with Crippen LogP contribution in [-0.4, -0.2) is 5.91 Å². The van der Waals surface area contributed by atoms with Crippen LogP contribution in [0.2, 0.25) is 0 Å². The van der Waals surface area contributed by atoms with Crippen LogP contribution < -0.4 is 5.32 Å². The summed E-state index contributed by atoms with van der Waals surface area (Å²) in [6.45, 7) is 4.37. The van der Waals surface area contributed by atoms with Crippen molar-refractivity contribution >= 4 is 5.91 Å². The maximum absolute atomic E-state index is 11.9. The average molecular weight is 241 g/mol. The fourth-order valence-electron chi connectivity index (χ4n) is 1.90. The van der Waals surface area contributed by atoms with Crippen molar-refractivity contribution < 1.29 is 4.79 Å². The highest BCUT2D eigenvalue weighted by Crippen LogP contribution is 2.27. The molecule has 94 valence electrons. The molecule has 1 amide bonds. The van der Waals surface area contributed by atoms with Crippen molar-refractivity contribution in [3.63, 3.8) is 0 Å². The van der Waals surface area contributed by atoms with Gasteiger partial charge in [-0.2, -0.15) is 0 Å². The highest BCUT2D eigenvalue weighted by Gasteiger charge is 2.16. The van der Waals surface area contributed by atoms with Gasteiger partial charge in [0.2, 0.25) is 5.91 Å². The van der Waals surface area contributed by atoms with Crippen molar-refractivity contribution in [3.05, 3.63) is 59.8 Å². The standard InChI is InChI=1S/C16H19NO/c1-16(2)10-8-14(9-11-16)17-15(18)12-13-6-4-3-5-7-13/h3-10H,11-12H2,1-2H3,(H,17,18). The van der Waals surface area contributed by atoms with Gasteiger partial charge in [-0.1, -0.05) is 56.3 Å². The summed E-state index contributed by atoms with van der Waals surface area (Å²) in [6, 6.07) is 9.78. The van der Waals surface area contributed by atoms with E-state index in [1.165, 1.54) is 0 Å². The first-order valence-corrected chi connectivity index (χ1v) is 6.28. The molecule has 2 rings (SSSR count). The Kier molecular flexibility index (Phi) is 3.66. The molecule has 1 aromatic carbocycles. The van der Waals surface area contributed by atoms with Crippen LogP contribution in [0.25, 0.3) is 0 Å². The Morgan fingerprint density at radius 3 is 2.61 bits per heavy atom. The second-order valence-electron chi connectivity index (χ2n) is 5.40. The van der Waals surface area contributed by atoms with Crippen molar-refractivity contribution in [1.29, 1.82) is 0 Å². The van der Waals surface area contributed by atoms with Gasteiger partial charge in [0.25, 0.3) is 0 Å². The monoisotopic (exact) mass is 241 g/mol. The first kappa shape index (κ1) is 12.6. The van der Waals surface area contributed by atoms with Gasteiger partial charge < -0.3 is 5.32 Å². The molecule has 0 fully saturated rings. The number of allylic oxidation sites excluding steroid dienone is 3. The molecule has 0 bridgehead atoms. The van der Waals surface area contributed by atoms with Gasteiger partial charge in [-0.3, -0.25) is 4.79 Å². The molecular formula is C16H19NO. The second kappa shape index (κ2) is 5.21. The van der Waals surface area contributed by atoms with Crippen LogP contribution >= 0.6 is 0 Å². The summed E-state index contributed by atoms with van der Waals surface area (Å²) >= 11 is 0. The minimum atomic E-state index is 0.0387. The lowest BCUT2D eigenvalue weighted by Crippen LogP contribution is -2.25. The molecule has 0 radical (unpaired) electrons. The van der Waals surface area contributed by atoms with Crippen LogP contribution in [0.5, 0.6) is 0 Å². The molecule has 2 heteroatoms. The van der Waals surface area contributed by atoms with Gasteiger partial charge >= 0.3 is 0 Å². The first-order valence-electron chi connectivity index (χ1n) is 6.28. The van der Waals surface area contributed by atoms with Gasteiger partial charge in [-0.05, 0) is 23.5 Å². The van der Waals surface area contributed by atoms with Gasteiger partial charge in [-0.25, -0.2) is 0 Å². The van der Waals surface area contributed by atoms with E-state index < -0.39 is 0 Å². The Hall–Kier alpha value is -1.83. The lowest BCUT2D eigenvalue weighted by atomic mass is 9.85. The largest absolute Gasteiger partial charge is 0.326 e. The van der Waals surface area contributed by atoms with Crippen LogP contribution in [0.3, 0.4) is 0 Å². The van der Waals surface area contributed by atoms with E-state index in [4.69, 9.17) is 0 Å². The van der Waals surface area contributed by atoms with Gasteiger partial charge in [-0.15, -0.1) is 0 Å². The highest BCUT2D eigenvalue weighted by atomic mass is 16.1. The molecule has 0 saturated heterocycles. The fraction of sp³-hybridized carbons (Fsp3) is 0.312. The number of nitrogens with one attached hydrogen (secondary N) is 1. The molecule has 0 aliphatic heterocycles. The number of carbonyl (C=O) groups is 1. The molecule has 0 heterocycles. The molecule has 1 aliphatic carbocycles. The van der Waals surface area contributed by atoms with E-state index in [2.05, 4.69) is 31.3 Å². The van der Waals surface area contributed by atoms with Crippen LogP contribution in [0.1, 0.15) is 25.8 Å². The first-order chi connectivity index (χ1) is 8.55. The van der Waals surface area contributed by atoms with E-state index in [0.717, 1.165) is 17.7 Å². The van der Waals surface area contributed by atoms with E-state index in [-0.39, 0.29) is 11.3 Å². The number of carbonyl (C=O) groups excluding carboxylic acids is 1. The van der Waals surface area contributed by atoms with E-state index >= 15 is 0 Å². The van der Waals surface area contributed by atoms with Gasteiger partial charge in [0.05, 0.1) is 6.42 Å². The number of rotatable bonds is 3. The van der Waals surface area contributed by atoms with E-state index in [0.29, 0.717) is 6.42 Å². The van der Waals surface area contributed by atoms with Crippen molar-refractivity contribution in [3.8, 4) is 0 Å². The molecule has 1 N–H and O–H groups in total. The van der Waals surface area contributed by atoms with Gasteiger partial charge in [0.1, 0.15) is 0 Å². The third kappa shape index (κ3) is 3.59. The Bertz CT molecular complexity index is 483. The molecule has 0 saturated carbocycles. The number of hydrogen-bond acceptors (Lipinski definition) is 1. The van der Waals surface area contributed by atoms with Crippen molar-refractivity contribution in [2.24, 2.45) is 5.41 Å². The molecule has 1 aliphatic rings. The summed E-state index contributed by atoms with van der Waals surface area (Å²) in [5, 5.41) is 2.94. The fourth-order valence-corrected chi connectivity index (χ4v) is 1.90. The summed E-state index contributed by atoms with van der Waals surface area (Å²) in [5.41, 5.74) is 2.15. The van der Waals surface area contributed by atoms with Crippen LogP contribution in [0, 0.1) is 5.41 Å². The number of benzene rings is 1. The topological polar surface area (TPSA) is 29.1 Å². The maximum atomic E-state index is 11.9. The molecule has 1 aromatic rings. The SMILES string of the molecule is CC1(C)C=CC(NC(=O)Cc2ccccc2)=CC1. The minimum absolute atomic E-state index is 0.0387. The highest BCUT2D eigenvalue weighted by molar-refractivity contribution is 5.80. The molecule has 0 aromatic heterocycles. The van der Waals surface area contributed by atoms with E-state index in [9.17, 15) is 4.79 Å². The number of hydrogen-bond donors (Lipinski definition) is 1. The Morgan fingerprint density at radius 1 is 1.28 bits per heavy atom. The quantitative estimate of drug-likeness (QED) is 0.865. The van der Waals surface area contributed by atoms with Gasteiger partial charge in [0.15, 0.2) is 0 Å². The minimum Gasteiger partial charge on any atom is -0.326 e. The predicted molar refractivity (Wildman–Crippen MR) is 73.9 cm³/mol. The zero-order chi connectivity index (χ0) is 13.0. The molecule has 2 nitrogen and oxygen atoms in total. The van der Waals surface area contributed by atoms with Crippen LogP contribution in [-0.2, 0) is 11.2 Å². The number of amides is 1. The van der Waals surface area contributed by atoms with Gasteiger partial charge in [0, 0.05) is 5.70 Å². The zero-order valence-electron chi connectivity index (χ0n) is 10.9. The Labute approximate surface area is 108 Å². The molecule has 0 spiro atoms. The average Bonchev–Trinajstić information content (AvgIpc) is 2.33. The third-order valence-corrected chi connectivity index (χ3v) is 3.05. The second-order valence-corrected chi connectivity index (χ2v) is 5.40. The third-order valence-electron chi connectivity index (χ3n) is 3.05. The van der Waals surface area contributed by atoms with Crippen molar-refractivity contribution in [1.82, 2.24) is 5.32 Å². The maximum Gasteiger partial charge on any atom is 0.228 e. The van der Waals surface area contributed by atoms with Crippen LogP contribution in [0.15, 0.2) is 54.3 Å². The molecule has 0 atom stereocenters. The summed E-state index contributed by atoms with van der Waals surface area (Å²) < 4.78 is 0. The Balaban J connectivity index is 1.90. The lowest BCUT2D eigenvalue weighted by Gasteiger charge is -2.22. The Morgan fingerprint density at radius 2 is 2.00 bits per heavy atom.